The molecule has 0 aliphatic heterocycles. The van der Waals surface area contributed by atoms with Crippen LogP contribution in [0.4, 0.5) is 0 Å². The van der Waals surface area contributed by atoms with Crippen LogP contribution in [0, 0.1) is 0 Å². The number of aromatic nitrogens is 2. The van der Waals surface area contributed by atoms with Crippen LogP contribution >= 0.6 is 0 Å². The number of carboxylic acids is 4. The molecule has 0 saturated heterocycles. The van der Waals surface area contributed by atoms with Gasteiger partial charge in [0.05, 0.1) is 35.0 Å². The van der Waals surface area contributed by atoms with Gasteiger partial charge in [0.1, 0.15) is 0 Å². The molecule has 1 radical (unpaired) electrons. The number of primary amides is 2. The normalized spacial score (nSPS) is 7.52. The SMILES string of the molecule is NC(=O)c1cc[nH+]cc1.NC(=O)c1cc[nH+]cc1.O.O.O=C([O-])C(=O)[O-].O=C([O-])C(=O)[O-].[Cu+2]. The van der Waals surface area contributed by atoms with E-state index < -0.39 is 35.7 Å². The Morgan fingerprint density at radius 3 is 0.818 bits per heavy atom. The molecular formula is C16H18CuN4O12. The molecule has 2 aromatic heterocycles. The van der Waals surface area contributed by atoms with Crippen LogP contribution in [0.2, 0.25) is 0 Å². The second kappa shape index (κ2) is 22.2. The van der Waals surface area contributed by atoms with Crippen LogP contribution in [0.5, 0.6) is 0 Å². The predicted molar refractivity (Wildman–Crippen MR) is 90.3 cm³/mol. The first kappa shape index (κ1) is 39.1. The molecule has 185 valence electrons. The summed E-state index contributed by atoms with van der Waals surface area (Å²) in [6, 6.07) is 6.51. The van der Waals surface area contributed by atoms with Crippen LogP contribution in [-0.2, 0) is 36.2 Å². The van der Waals surface area contributed by atoms with Gasteiger partial charge in [-0.3, -0.25) is 9.59 Å². The summed E-state index contributed by atoms with van der Waals surface area (Å²) in [5, 5.41) is 35.7. The van der Waals surface area contributed by atoms with Gasteiger partial charge >= 0.3 is 17.1 Å². The van der Waals surface area contributed by atoms with Gasteiger partial charge in [-0.05, 0) is 0 Å². The molecule has 16 nitrogen and oxygen atoms in total. The van der Waals surface area contributed by atoms with Crippen molar-refractivity contribution in [2.75, 3.05) is 0 Å². The average Bonchev–Trinajstić information content (AvgIpc) is 2.70. The van der Waals surface area contributed by atoms with Crippen molar-refractivity contribution in [3.8, 4) is 0 Å². The van der Waals surface area contributed by atoms with Crippen molar-refractivity contribution in [2.45, 2.75) is 0 Å². The van der Waals surface area contributed by atoms with Crippen LogP contribution in [0.25, 0.3) is 0 Å². The molecule has 2 aromatic rings. The summed E-state index contributed by atoms with van der Waals surface area (Å²) in [6.45, 7) is 0. The summed E-state index contributed by atoms with van der Waals surface area (Å²) >= 11 is 0. The summed E-state index contributed by atoms with van der Waals surface area (Å²) in [5.74, 6) is -9.54. The van der Waals surface area contributed by atoms with Gasteiger partial charge in [0, 0.05) is 24.3 Å². The first-order chi connectivity index (χ1) is 13.9. The number of amides is 2. The number of hydrogen-bond donors (Lipinski definition) is 2. The van der Waals surface area contributed by atoms with Gasteiger partial charge in [-0.15, -0.1) is 0 Å². The smallest absolute Gasteiger partial charge is 0.543 e. The zero-order valence-corrected chi connectivity index (χ0v) is 17.1. The fraction of sp³-hybridized carbons (Fsp3) is 0. The summed E-state index contributed by atoms with van der Waals surface area (Å²) < 4.78 is 0. The maximum Gasteiger partial charge on any atom is 2.00 e. The number of carboxylic acid groups (broad SMARTS) is 4. The van der Waals surface area contributed by atoms with Gasteiger partial charge in [-0.25, -0.2) is 9.97 Å². The molecule has 0 aromatic carbocycles. The van der Waals surface area contributed by atoms with Gasteiger partial charge in [-0.2, -0.15) is 0 Å². The first-order valence-corrected chi connectivity index (χ1v) is 7.26. The molecule has 0 unspecified atom stereocenters. The Labute approximate surface area is 195 Å². The maximum atomic E-state index is 10.4. The molecular weight excluding hydrogens is 504 g/mol. The van der Waals surface area contributed by atoms with Crippen molar-refractivity contribution < 1.29 is 87.2 Å². The standard InChI is InChI=1S/2C6H6N2O.2C2H2O4.Cu.2H2O/c2*7-6(9)5-1-3-8-4-2-5;2*3-1(4)2(5)6;;;/h2*1-4H,(H2,7,9);2*(H,3,4)(H,5,6);;2*1H2/q;;;;+2;;/p-2. The van der Waals surface area contributed by atoms with E-state index in [2.05, 4.69) is 9.97 Å². The van der Waals surface area contributed by atoms with Gasteiger partial charge < -0.3 is 62.0 Å². The van der Waals surface area contributed by atoms with E-state index in [0.717, 1.165) is 0 Å². The molecule has 2 rings (SSSR count). The Hall–Kier alpha value is -4.44. The Morgan fingerprint density at radius 2 is 0.727 bits per heavy atom. The minimum absolute atomic E-state index is 0. The minimum atomic E-state index is -2.19. The number of H-pyrrole nitrogens is 2. The van der Waals surface area contributed by atoms with Crippen molar-refractivity contribution in [2.24, 2.45) is 11.5 Å². The maximum absolute atomic E-state index is 10.4. The van der Waals surface area contributed by atoms with E-state index in [1.54, 1.807) is 49.1 Å². The minimum Gasteiger partial charge on any atom is -0.543 e. The van der Waals surface area contributed by atoms with E-state index in [9.17, 15) is 9.59 Å². The number of rotatable bonds is 2. The molecule has 0 spiro atoms. The molecule has 0 aliphatic carbocycles. The summed E-state index contributed by atoms with van der Waals surface area (Å²) in [6.07, 6.45) is 6.61. The van der Waals surface area contributed by atoms with Crippen LogP contribution < -0.4 is 41.9 Å². The molecule has 2 heterocycles. The average molecular weight is 522 g/mol. The molecule has 33 heavy (non-hydrogen) atoms. The van der Waals surface area contributed by atoms with Gasteiger partial charge in [-0.1, -0.05) is 0 Å². The molecule has 0 bridgehead atoms. The van der Waals surface area contributed by atoms with Crippen LogP contribution in [0.1, 0.15) is 20.7 Å². The van der Waals surface area contributed by atoms with Crippen LogP contribution in [0.15, 0.2) is 49.1 Å². The van der Waals surface area contributed by atoms with Crippen LogP contribution in [0.3, 0.4) is 0 Å². The Morgan fingerprint density at radius 1 is 0.545 bits per heavy atom. The van der Waals surface area contributed by atoms with Gasteiger partial charge in [0.15, 0.2) is 24.8 Å². The third-order valence-corrected chi connectivity index (χ3v) is 2.34. The molecule has 0 saturated carbocycles. The zero-order valence-electron chi connectivity index (χ0n) is 16.2. The molecule has 17 heteroatoms. The number of hydrogen-bond acceptors (Lipinski definition) is 10. The Bertz CT molecular complexity index is 784. The monoisotopic (exact) mass is 521 g/mol. The third kappa shape index (κ3) is 23.7. The van der Waals surface area contributed by atoms with E-state index in [4.69, 9.17) is 51.1 Å². The van der Waals surface area contributed by atoms with Crippen molar-refractivity contribution in [1.29, 1.82) is 0 Å². The first-order valence-electron chi connectivity index (χ1n) is 7.26. The quantitative estimate of drug-likeness (QED) is 0.277. The van der Waals surface area contributed by atoms with Crippen LogP contribution in [-0.4, -0.2) is 46.6 Å². The number of aromatic amines is 2. The topological polar surface area (TPSA) is 338 Å². The predicted octanol–water partition coefficient (Wildman–Crippen LogP) is -9.48. The van der Waals surface area contributed by atoms with E-state index in [1.807, 2.05) is 0 Å². The number of carbonyl (C=O) groups is 6. The number of carbonyl (C=O) groups excluding carboxylic acids is 6. The summed E-state index contributed by atoms with van der Waals surface area (Å²) in [5.41, 5.74) is 11.0. The second-order valence-corrected chi connectivity index (χ2v) is 4.46. The molecule has 0 aliphatic rings. The van der Waals surface area contributed by atoms with Crippen molar-refractivity contribution >= 4 is 35.7 Å². The summed E-state index contributed by atoms with van der Waals surface area (Å²) in [4.78, 5) is 62.1. The molecule has 2 amide bonds. The fourth-order valence-electron chi connectivity index (χ4n) is 1.10. The Kier molecular flexibility index (Phi) is 26.3. The second-order valence-electron chi connectivity index (χ2n) is 4.46. The molecule has 0 atom stereocenters. The third-order valence-electron chi connectivity index (χ3n) is 2.34. The Balaban J connectivity index is -0.000000105. The number of aliphatic carboxylic acids is 4. The van der Waals surface area contributed by atoms with E-state index in [0.29, 0.717) is 11.1 Å². The zero-order chi connectivity index (χ0) is 23.7. The van der Waals surface area contributed by atoms with Gasteiger partial charge in [0.25, 0.3) is 0 Å². The fourth-order valence-corrected chi connectivity index (χ4v) is 1.10. The number of nitrogens with two attached hydrogens (primary N) is 2. The van der Waals surface area contributed by atoms with Gasteiger partial charge in [0.2, 0.25) is 11.8 Å². The summed E-state index contributed by atoms with van der Waals surface area (Å²) in [7, 11) is 0. The van der Waals surface area contributed by atoms with Crippen molar-refractivity contribution in [1.82, 2.24) is 0 Å². The largest absolute Gasteiger partial charge is 2.00 e. The number of nitrogens with one attached hydrogen (secondary N) is 2. The molecule has 0 fully saturated rings. The van der Waals surface area contributed by atoms with E-state index >= 15 is 0 Å². The molecule has 10 N–H and O–H groups in total. The van der Waals surface area contributed by atoms with Crippen molar-refractivity contribution in [3.05, 3.63) is 60.2 Å². The van der Waals surface area contributed by atoms with E-state index in [-0.39, 0.29) is 28.0 Å². The van der Waals surface area contributed by atoms with E-state index in [1.165, 1.54) is 0 Å². The van der Waals surface area contributed by atoms with Crippen molar-refractivity contribution in [3.63, 3.8) is 0 Å². The number of pyridine rings is 2.